The van der Waals surface area contributed by atoms with Crippen LogP contribution >= 0.6 is 11.6 Å². The van der Waals surface area contributed by atoms with Crippen molar-refractivity contribution in [2.24, 2.45) is 0 Å². The van der Waals surface area contributed by atoms with E-state index in [1.54, 1.807) is 24.3 Å². The number of hydrogen-bond donors (Lipinski definition) is 2. The topological polar surface area (TPSA) is 89.6 Å². The Kier molecular flexibility index (Phi) is 4.91. The van der Waals surface area contributed by atoms with Crippen molar-refractivity contribution < 1.29 is 19.4 Å². The van der Waals surface area contributed by atoms with Crippen LogP contribution in [0, 0.1) is 0 Å². The van der Waals surface area contributed by atoms with Crippen molar-refractivity contribution in [2.45, 2.75) is 0 Å². The molecule has 0 aliphatic carbocycles. The fourth-order valence-electron chi connectivity index (χ4n) is 2.49. The van der Waals surface area contributed by atoms with E-state index >= 15 is 0 Å². The number of halogens is 1. The molecule has 0 spiro atoms. The van der Waals surface area contributed by atoms with Crippen LogP contribution in [0.2, 0.25) is 5.02 Å². The third kappa shape index (κ3) is 3.68. The van der Waals surface area contributed by atoms with Gasteiger partial charge < -0.3 is 15.6 Å². The normalized spacial score (nSPS) is 10.3. The standard InChI is InChI=1S/C20H14ClNO4/c21-13-10-16(20(24)25)18(17(22)11-13)19(23)12-6-8-15(9-7-12)26-14-4-2-1-3-5-14/h1-11H,22H2,(H,24,25). The minimum atomic E-state index is -1.27. The van der Waals surface area contributed by atoms with Gasteiger partial charge in [0.25, 0.3) is 0 Å². The molecule has 0 amide bonds. The summed E-state index contributed by atoms with van der Waals surface area (Å²) in [5.74, 6) is -0.550. The Balaban J connectivity index is 1.91. The number of benzene rings is 3. The number of rotatable bonds is 5. The molecule has 0 heterocycles. The van der Waals surface area contributed by atoms with E-state index in [1.807, 2.05) is 30.3 Å². The van der Waals surface area contributed by atoms with Crippen molar-refractivity contribution in [3.8, 4) is 11.5 Å². The number of aromatic carboxylic acids is 1. The maximum Gasteiger partial charge on any atom is 0.336 e. The molecule has 0 atom stereocenters. The van der Waals surface area contributed by atoms with Crippen molar-refractivity contribution in [2.75, 3.05) is 5.73 Å². The number of anilines is 1. The Morgan fingerprint density at radius 3 is 2.15 bits per heavy atom. The van der Waals surface area contributed by atoms with Crippen LogP contribution in [0.4, 0.5) is 5.69 Å². The van der Waals surface area contributed by atoms with Gasteiger partial charge in [0, 0.05) is 16.3 Å². The smallest absolute Gasteiger partial charge is 0.336 e. The van der Waals surface area contributed by atoms with Gasteiger partial charge >= 0.3 is 5.97 Å². The number of hydrogen-bond acceptors (Lipinski definition) is 4. The molecule has 3 aromatic rings. The summed E-state index contributed by atoms with van der Waals surface area (Å²) in [5.41, 5.74) is 5.83. The van der Waals surface area contributed by atoms with Gasteiger partial charge in [0.15, 0.2) is 5.78 Å². The van der Waals surface area contributed by atoms with Crippen molar-refractivity contribution >= 4 is 29.0 Å². The van der Waals surface area contributed by atoms with Gasteiger partial charge in [0.2, 0.25) is 0 Å². The molecule has 0 saturated carbocycles. The number of carbonyl (C=O) groups excluding carboxylic acids is 1. The van der Waals surface area contributed by atoms with Crippen molar-refractivity contribution in [1.82, 2.24) is 0 Å². The van der Waals surface area contributed by atoms with Crippen LogP contribution in [0.1, 0.15) is 26.3 Å². The molecule has 3 N–H and O–H groups in total. The number of ether oxygens (including phenoxy) is 1. The first-order valence-electron chi connectivity index (χ1n) is 7.65. The molecule has 26 heavy (non-hydrogen) atoms. The predicted molar refractivity (Wildman–Crippen MR) is 99.2 cm³/mol. The molecule has 5 nitrogen and oxygen atoms in total. The van der Waals surface area contributed by atoms with Crippen LogP contribution in [0.3, 0.4) is 0 Å². The lowest BCUT2D eigenvalue weighted by atomic mass is 9.96. The van der Waals surface area contributed by atoms with Crippen LogP contribution in [-0.4, -0.2) is 16.9 Å². The fraction of sp³-hybridized carbons (Fsp3) is 0. The zero-order valence-corrected chi connectivity index (χ0v) is 14.2. The van der Waals surface area contributed by atoms with E-state index in [2.05, 4.69) is 0 Å². The Morgan fingerprint density at radius 1 is 0.923 bits per heavy atom. The molecule has 130 valence electrons. The summed E-state index contributed by atoms with van der Waals surface area (Å²) in [6.07, 6.45) is 0. The molecule has 3 rings (SSSR count). The van der Waals surface area contributed by atoms with Gasteiger partial charge in [-0.05, 0) is 48.5 Å². The highest BCUT2D eigenvalue weighted by Gasteiger charge is 2.22. The van der Waals surface area contributed by atoms with Gasteiger partial charge in [-0.2, -0.15) is 0 Å². The third-order valence-electron chi connectivity index (χ3n) is 3.69. The summed E-state index contributed by atoms with van der Waals surface area (Å²) >= 11 is 5.84. The van der Waals surface area contributed by atoms with Gasteiger partial charge in [0.05, 0.1) is 11.1 Å². The molecular formula is C20H14ClNO4. The van der Waals surface area contributed by atoms with Gasteiger partial charge in [-0.3, -0.25) is 4.79 Å². The van der Waals surface area contributed by atoms with Gasteiger partial charge in [-0.25, -0.2) is 4.79 Å². The molecule has 0 bridgehead atoms. The third-order valence-corrected chi connectivity index (χ3v) is 3.90. The molecule has 3 aromatic carbocycles. The summed E-state index contributed by atoms with van der Waals surface area (Å²) in [7, 11) is 0. The Hall–Kier alpha value is -3.31. The molecule has 0 aromatic heterocycles. The average Bonchev–Trinajstić information content (AvgIpc) is 2.62. The quantitative estimate of drug-likeness (QED) is 0.506. The number of carbonyl (C=O) groups is 2. The first kappa shape index (κ1) is 17.5. The number of nitrogens with two attached hydrogens (primary N) is 1. The largest absolute Gasteiger partial charge is 0.478 e. The highest BCUT2D eigenvalue weighted by atomic mass is 35.5. The zero-order chi connectivity index (χ0) is 18.7. The lowest BCUT2D eigenvalue weighted by molar-refractivity contribution is 0.0693. The van der Waals surface area contributed by atoms with Crippen LogP contribution in [0.5, 0.6) is 11.5 Å². The Bertz CT molecular complexity index is 969. The van der Waals surface area contributed by atoms with Crippen molar-refractivity contribution in [1.29, 1.82) is 0 Å². The minimum absolute atomic E-state index is 0.0181. The Morgan fingerprint density at radius 2 is 1.54 bits per heavy atom. The molecule has 6 heteroatoms. The fourth-order valence-corrected chi connectivity index (χ4v) is 2.72. The number of carboxylic acid groups (broad SMARTS) is 1. The van der Waals surface area contributed by atoms with E-state index in [1.165, 1.54) is 12.1 Å². The van der Waals surface area contributed by atoms with Crippen LogP contribution in [0.15, 0.2) is 66.7 Å². The summed E-state index contributed by atoms with van der Waals surface area (Å²) in [6, 6.07) is 18.1. The summed E-state index contributed by atoms with van der Waals surface area (Å²) in [4.78, 5) is 24.2. The highest BCUT2D eigenvalue weighted by Crippen LogP contribution is 2.27. The first-order valence-corrected chi connectivity index (χ1v) is 8.03. The molecule has 0 aliphatic heterocycles. The second kappa shape index (κ2) is 7.29. The number of ketones is 1. The minimum Gasteiger partial charge on any atom is -0.478 e. The van der Waals surface area contributed by atoms with Gasteiger partial charge in [-0.15, -0.1) is 0 Å². The second-order valence-corrected chi connectivity index (χ2v) is 5.93. The second-order valence-electron chi connectivity index (χ2n) is 5.49. The molecular weight excluding hydrogens is 354 g/mol. The van der Waals surface area contributed by atoms with Crippen LogP contribution in [0.25, 0.3) is 0 Å². The molecule has 0 radical (unpaired) electrons. The van der Waals surface area contributed by atoms with E-state index in [-0.39, 0.29) is 21.8 Å². The van der Waals surface area contributed by atoms with E-state index in [0.717, 1.165) is 0 Å². The summed E-state index contributed by atoms with van der Waals surface area (Å²) in [6.45, 7) is 0. The van der Waals surface area contributed by atoms with Crippen molar-refractivity contribution in [3.05, 3.63) is 88.4 Å². The summed E-state index contributed by atoms with van der Waals surface area (Å²) < 4.78 is 5.67. The first-order chi connectivity index (χ1) is 12.5. The Labute approximate surface area is 154 Å². The predicted octanol–water partition coefficient (Wildman–Crippen LogP) is 4.64. The molecule has 0 saturated heterocycles. The number of carboxylic acids is 1. The maximum absolute atomic E-state index is 12.7. The van der Waals surface area contributed by atoms with Crippen LogP contribution in [-0.2, 0) is 0 Å². The molecule has 0 aliphatic rings. The van der Waals surface area contributed by atoms with Gasteiger partial charge in [-0.1, -0.05) is 29.8 Å². The van der Waals surface area contributed by atoms with Crippen LogP contribution < -0.4 is 10.5 Å². The average molecular weight is 368 g/mol. The lowest BCUT2D eigenvalue weighted by Crippen LogP contribution is -2.13. The number of para-hydroxylation sites is 1. The van der Waals surface area contributed by atoms with E-state index < -0.39 is 11.8 Å². The molecule has 0 unspecified atom stereocenters. The molecule has 0 fully saturated rings. The lowest BCUT2D eigenvalue weighted by Gasteiger charge is -2.10. The SMILES string of the molecule is Nc1cc(Cl)cc(C(=O)O)c1C(=O)c1ccc(Oc2ccccc2)cc1. The summed E-state index contributed by atoms with van der Waals surface area (Å²) in [5, 5.41) is 9.49. The number of nitrogen functional groups attached to an aromatic ring is 1. The zero-order valence-electron chi connectivity index (χ0n) is 13.5. The maximum atomic E-state index is 12.7. The monoisotopic (exact) mass is 367 g/mol. The van der Waals surface area contributed by atoms with E-state index in [4.69, 9.17) is 22.1 Å². The van der Waals surface area contributed by atoms with Gasteiger partial charge in [0.1, 0.15) is 11.5 Å². The highest BCUT2D eigenvalue weighted by molar-refractivity contribution is 6.32. The van der Waals surface area contributed by atoms with E-state index in [0.29, 0.717) is 17.1 Å². The van der Waals surface area contributed by atoms with Crippen molar-refractivity contribution in [3.63, 3.8) is 0 Å². The van der Waals surface area contributed by atoms with E-state index in [9.17, 15) is 14.7 Å².